The summed E-state index contributed by atoms with van der Waals surface area (Å²) in [5, 5.41) is 23.5. The lowest BCUT2D eigenvalue weighted by Gasteiger charge is -2.06. The SMILES string of the molecule is Oc1cccc(/C=N/n2c(Cc3cccc4ccccc34)n[nH]c2=S)c1. The second-order valence-electron chi connectivity index (χ2n) is 5.91. The highest BCUT2D eigenvalue weighted by Gasteiger charge is 2.09. The van der Waals surface area contributed by atoms with Crippen LogP contribution in [-0.4, -0.2) is 26.2 Å². The Balaban J connectivity index is 1.69. The molecular formula is C20H16N4OS. The van der Waals surface area contributed by atoms with Crippen molar-refractivity contribution in [2.45, 2.75) is 6.42 Å². The third-order valence-corrected chi connectivity index (χ3v) is 4.40. The first-order valence-corrected chi connectivity index (χ1v) is 8.58. The average molecular weight is 360 g/mol. The fraction of sp³-hybridized carbons (Fsp3) is 0.0500. The molecule has 0 bridgehead atoms. The van der Waals surface area contributed by atoms with Crippen LogP contribution >= 0.6 is 12.2 Å². The summed E-state index contributed by atoms with van der Waals surface area (Å²) in [6.07, 6.45) is 2.25. The molecule has 3 aromatic carbocycles. The van der Waals surface area contributed by atoms with Gasteiger partial charge in [0.1, 0.15) is 5.75 Å². The molecule has 4 rings (SSSR count). The molecule has 0 fully saturated rings. The average Bonchev–Trinajstić information content (AvgIpc) is 3.00. The van der Waals surface area contributed by atoms with Crippen LogP contribution in [-0.2, 0) is 6.42 Å². The standard InChI is InChI=1S/C20H16N4OS/c25-17-9-3-5-14(11-17)13-21-24-19(22-23-20(24)26)12-16-8-4-7-15-6-1-2-10-18(15)16/h1-11,13,25H,12H2,(H,23,26)/b21-13+. The predicted octanol–water partition coefficient (Wildman–Crippen LogP) is 4.27. The van der Waals surface area contributed by atoms with Crippen molar-refractivity contribution in [3.63, 3.8) is 0 Å². The number of benzene rings is 3. The third-order valence-electron chi connectivity index (χ3n) is 4.14. The molecule has 0 spiro atoms. The van der Waals surface area contributed by atoms with Crippen molar-refractivity contribution in [2.24, 2.45) is 5.10 Å². The number of rotatable bonds is 4. The van der Waals surface area contributed by atoms with Crippen molar-refractivity contribution in [3.8, 4) is 5.75 Å². The quantitative estimate of drug-likeness (QED) is 0.422. The molecule has 1 heterocycles. The number of aromatic hydroxyl groups is 1. The van der Waals surface area contributed by atoms with E-state index in [2.05, 4.69) is 39.6 Å². The highest BCUT2D eigenvalue weighted by atomic mass is 32.1. The molecule has 0 radical (unpaired) electrons. The normalized spacial score (nSPS) is 11.4. The first-order chi connectivity index (χ1) is 12.7. The molecule has 4 aromatic rings. The fourth-order valence-corrected chi connectivity index (χ4v) is 3.10. The Labute approximate surface area is 155 Å². The van der Waals surface area contributed by atoms with Gasteiger partial charge >= 0.3 is 0 Å². The van der Waals surface area contributed by atoms with Crippen LogP contribution in [0.5, 0.6) is 5.75 Å². The fourth-order valence-electron chi connectivity index (χ4n) is 2.90. The molecule has 0 atom stereocenters. The van der Waals surface area contributed by atoms with E-state index in [9.17, 15) is 5.11 Å². The lowest BCUT2D eigenvalue weighted by Crippen LogP contribution is -2.01. The van der Waals surface area contributed by atoms with Gasteiger partial charge in [0.25, 0.3) is 0 Å². The lowest BCUT2D eigenvalue weighted by molar-refractivity contribution is 0.475. The third kappa shape index (κ3) is 3.27. The number of aromatic nitrogens is 3. The minimum Gasteiger partial charge on any atom is -0.508 e. The minimum absolute atomic E-state index is 0.195. The molecule has 0 saturated heterocycles. The lowest BCUT2D eigenvalue weighted by atomic mass is 10.0. The maximum absolute atomic E-state index is 9.57. The number of hydrogen-bond acceptors (Lipinski definition) is 4. The Morgan fingerprint density at radius 2 is 1.88 bits per heavy atom. The van der Waals surface area contributed by atoms with Gasteiger partial charge in [0, 0.05) is 6.42 Å². The first-order valence-electron chi connectivity index (χ1n) is 8.17. The summed E-state index contributed by atoms with van der Waals surface area (Å²) in [6.45, 7) is 0. The van der Waals surface area contributed by atoms with E-state index in [0.717, 1.165) is 17.0 Å². The van der Waals surface area contributed by atoms with Crippen LogP contribution in [0.4, 0.5) is 0 Å². The van der Waals surface area contributed by atoms with Crippen LogP contribution in [0.3, 0.4) is 0 Å². The van der Waals surface area contributed by atoms with Crippen molar-refractivity contribution in [1.29, 1.82) is 0 Å². The van der Waals surface area contributed by atoms with Crippen LogP contribution in [0.1, 0.15) is 17.0 Å². The van der Waals surface area contributed by atoms with E-state index in [1.165, 1.54) is 10.8 Å². The molecular weight excluding hydrogens is 344 g/mol. The van der Waals surface area contributed by atoms with Crippen LogP contribution in [0, 0.1) is 4.77 Å². The highest BCUT2D eigenvalue weighted by Crippen LogP contribution is 2.21. The van der Waals surface area contributed by atoms with E-state index in [0.29, 0.717) is 11.2 Å². The Bertz CT molecular complexity index is 1150. The Morgan fingerprint density at radius 1 is 1.08 bits per heavy atom. The first kappa shape index (κ1) is 16.2. The molecule has 26 heavy (non-hydrogen) atoms. The number of hydrogen-bond donors (Lipinski definition) is 2. The molecule has 6 heteroatoms. The van der Waals surface area contributed by atoms with Crippen molar-refractivity contribution >= 4 is 29.2 Å². The van der Waals surface area contributed by atoms with Crippen molar-refractivity contribution in [2.75, 3.05) is 0 Å². The van der Waals surface area contributed by atoms with Crippen LogP contribution in [0.25, 0.3) is 10.8 Å². The molecule has 0 unspecified atom stereocenters. The maximum Gasteiger partial charge on any atom is 0.216 e. The van der Waals surface area contributed by atoms with Gasteiger partial charge in [0.2, 0.25) is 4.77 Å². The largest absolute Gasteiger partial charge is 0.508 e. The number of phenols is 1. The molecule has 0 aliphatic heterocycles. The second kappa shape index (κ2) is 6.93. The van der Waals surface area contributed by atoms with E-state index in [1.807, 2.05) is 24.3 Å². The van der Waals surface area contributed by atoms with E-state index >= 15 is 0 Å². The van der Waals surface area contributed by atoms with Crippen LogP contribution in [0.2, 0.25) is 0 Å². The summed E-state index contributed by atoms with van der Waals surface area (Å²) >= 11 is 5.31. The molecule has 0 amide bonds. The maximum atomic E-state index is 9.57. The molecule has 128 valence electrons. The topological polar surface area (TPSA) is 66.2 Å². The van der Waals surface area contributed by atoms with E-state index in [1.54, 1.807) is 29.1 Å². The van der Waals surface area contributed by atoms with Crippen molar-refractivity contribution in [3.05, 3.63) is 88.5 Å². The monoisotopic (exact) mass is 360 g/mol. The number of nitrogens with one attached hydrogen (secondary N) is 1. The van der Waals surface area contributed by atoms with Gasteiger partial charge in [-0.2, -0.15) is 14.9 Å². The number of nitrogens with zero attached hydrogens (tertiary/aromatic N) is 3. The summed E-state index contributed by atoms with van der Waals surface area (Å²) in [6, 6.07) is 21.4. The van der Waals surface area contributed by atoms with Crippen LogP contribution in [0.15, 0.2) is 71.8 Å². The zero-order valence-corrected chi connectivity index (χ0v) is 14.6. The number of aromatic amines is 1. The summed E-state index contributed by atoms with van der Waals surface area (Å²) in [4.78, 5) is 0. The van der Waals surface area contributed by atoms with E-state index < -0.39 is 0 Å². The van der Waals surface area contributed by atoms with Gasteiger partial charge in [-0.1, -0.05) is 54.6 Å². The molecule has 2 N–H and O–H groups in total. The summed E-state index contributed by atoms with van der Waals surface area (Å²) in [5.41, 5.74) is 1.94. The summed E-state index contributed by atoms with van der Waals surface area (Å²) < 4.78 is 2.04. The van der Waals surface area contributed by atoms with Gasteiger partial charge in [-0.3, -0.25) is 5.10 Å². The Hall–Kier alpha value is -3.25. The van der Waals surface area contributed by atoms with Gasteiger partial charge in [-0.05, 0) is 46.2 Å². The molecule has 1 aromatic heterocycles. The Kier molecular flexibility index (Phi) is 4.33. The number of phenolic OH excluding ortho intramolecular Hbond substituents is 1. The molecule has 0 saturated carbocycles. The van der Waals surface area contributed by atoms with Crippen LogP contribution < -0.4 is 0 Å². The van der Waals surface area contributed by atoms with E-state index in [-0.39, 0.29) is 5.75 Å². The number of fused-ring (bicyclic) bond motifs is 1. The van der Waals surface area contributed by atoms with Gasteiger partial charge in [-0.25, -0.2) is 0 Å². The minimum atomic E-state index is 0.195. The zero-order chi connectivity index (χ0) is 17.9. The zero-order valence-electron chi connectivity index (χ0n) is 13.8. The van der Waals surface area contributed by atoms with Gasteiger partial charge in [-0.15, -0.1) is 0 Å². The summed E-state index contributed by atoms with van der Waals surface area (Å²) in [7, 11) is 0. The number of H-pyrrole nitrogens is 1. The predicted molar refractivity (Wildman–Crippen MR) is 105 cm³/mol. The Morgan fingerprint density at radius 3 is 2.77 bits per heavy atom. The second-order valence-corrected chi connectivity index (χ2v) is 6.30. The van der Waals surface area contributed by atoms with Crippen molar-refractivity contribution < 1.29 is 5.11 Å². The molecule has 0 aliphatic rings. The molecule has 5 nitrogen and oxygen atoms in total. The summed E-state index contributed by atoms with van der Waals surface area (Å²) in [5.74, 6) is 0.920. The molecule has 0 aliphatic carbocycles. The van der Waals surface area contributed by atoms with Crippen molar-refractivity contribution in [1.82, 2.24) is 14.9 Å². The smallest absolute Gasteiger partial charge is 0.216 e. The van der Waals surface area contributed by atoms with Gasteiger partial charge in [0.05, 0.1) is 6.21 Å². The van der Waals surface area contributed by atoms with Gasteiger partial charge < -0.3 is 5.11 Å². The highest BCUT2D eigenvalue weighted by molar-refractivity contribution is 7.71. The van der Waals surface area contributed by atoms with E-state index in [4.69, 9.17) is 12.2 Å². The van der Waals surface area contributed by atoms with Gasteiger partial charge in [0.15, 0.2) is 5.82 Å².